The maximum absolute atomic E-state index is 5.67. The fraction of sp³-hybridized carbons (Fsp3) is 0.400. The fourth-order valence-corrected chi connectivity index (χ4v) is 1.18. The van der Waals surface area contributed by atoms with Gasteiger partial charge in [0, 0.05) is 6.07 Å². The molecule has 0 saturated heterocycles. The maximum Gasteiger partial charge on any atom is 0.138 e. The first-order valence-corrected chi connectivity index (χ1v) is 4.46. The first-order valence-electron chi connectivity index (χ1n) is 4.46. The molecule has 0 N–H and O–H groups in total. The highest BCUT2D eigenvalue weighted by Gasteiger charge is 2.12. The normalized spacial score (nSPS) is 11.9. The molecule has 74 valence electrons. The number of rotatable bonds is 1. The van der Waals surface area contributed by atoms with Crippen LogP contribution in [0.3, 0.4) is 0 Å². The van der Waals surface area contributed by atoms with Gasteiger partial charge in [-0.1, -0.05) is 0 Å². The van der Waals surface area contributed by atoms with Crippen molar-refractivity contribution in [3.05, 3.63) is 18.2 Å². The molecule has 0 aliphatic heterocycles. The van der Waals surface area contributed by atoms with E-state index in [4.69, 9.17) is 4.74 Å². The second-order valence-electron chi connectivity index (χ2n) is 4.13. The molecule has 0 atom stereocenters. The Hall–Kier alpha value is -1.58. The van der Waals surface area contributed by atoms with Crippen LogP contribution in [0.25, 0.3) is 11.0 Å². The molecule has 2 rings (SSSR count). The lowest BCUT2D eigenvalue weighted by atomic mass is 10.2. The van der Waals surface area contributed by atoms with Crippen LogP contribution in [0.5, 0.6) is 5.75 Å². The van der Waals surface area contributed by atoms with E-state index in [-0.39, 0.29) is 5.60 Å². The van der Waals surface area contributed by atoms with Gasteiger partial charge in [-0.3, -0.25) is 0 Å². The Morgan fingerprint density at radius 3 is 2.57 bits per heavy atom. The number of benzene rings is 1. The van der Waals surface area contributed by atoms with Gasteiger partial charge >= 0.3 is 0 Å². The van der Waals surface area contributed by atoms with Gasteiger partial charge in [-0.15, -0.1) is 0 Å². The minimum Gasteiger partial charge on any atom is -0.488 e. The molecule has 0 amide bonds. The molecule has 0 bridgehead atoms. The molecule has 0 aliphatic carbocycles. The van der Waals surface area contributed by atoms with Crippen LogP contribution in [0.2, 0.25) is 0 Å². The van der Waals surface area contributed by atoms with Crippen molar-refractivity contribution < 1.29 is 9.37 Å². The zero-order valence-electron chi connectivity index (χ0n) is 8.44. The van der Waals surface area contributed by atoms with Gasteiger partial charge in [-0.25, -0.2) is 4.63 Å². The quantitative estimate of drug-likeness (QED) is 0.696. The lowest BCUT2D eigenvalue weighted by Crippen LogP contribution is -2.22. The van der Waals surface area contributed by atoms with Gasteiger partial charge in [0.25, 0.3) is 0 Å². The Kier molecular flexibility index (Phi) is 1.91. The Morgan fingerprint density at radius 1 is 1.14 bits per heavy atom. The van der Waals surface area contributed by atoms with Gasteiger partial charge in [0.1, 0.15) is 22.4 Å². The van der Waals surface area contributed by atoms with Crippen molar-refractivity contribution in [3.63, 3.8) is 0 Å². The molecule has 0 aliphatic rings. The van der Waals surface area contributed by atoms with Crippen molar-refractivity contribution in [2.24, 2.45) is 0 Å². The predicted octanol–water partition coefficient (Wildman–Crippen LogP) is 2.40. The van der Waals surface area contributed by atoms with E-state index in [1.54, 1.807) is 0 Å². The molecule has 14 heavy (non-hydrogen) atoms. The molecule has 0 fully saturated rings. The summed E-state index contributed by atoms with van der Waals surface area (Å²) in [6.45, 7) is 5.99. The van der Waals surface area contributed by atoms with Gasteiger partial charge in [0.05, 0.1) is 0 Å². The van der Waals surface area contributed by atoms with Crippen LogP contribution < -0.4 is 4.74 Å². The second kappa shape index (κ2) is 2.97. The number of hydrogen-bond acceptors (Lipinski definition) is 4. The molecule has 0 saturated carbocycles. The number of ether oxygens (including phenoxy) is 1. The van der Waals surface area contributed by atoms with Crippen molar-refractivity contribution in [2.45, 2.75) is 26.4 Å². The topological polar surface area (TPSA) is 48.2 Å². The van der Waals surface area contributed by atoms with E-state index in [1.165, 1.54) is 0 Å². The lowest BCUT2D eigenvalue weighted by Gasteiger charge is -2.20. The third-order valence-electron chi connectivity index (χ3n) is 1.65. The monoisotopic (exact) mass is 192 g/mol. The average molecular weight is 192 g/mol. The summed E-state index contributed by atoms with van der Waals surface area (Å²) in [5.74, 6) is 0.778. The molecule has 1 heterocycles. The fourth-order valence-electron chi connectivity index (χ4n) is 1.18. The largest absolute Gasteiger partial charge is 0.488 e. The van der Waals surface area contributed by atoms with Gasteiger partial charge in [-0.2, -0.15) is 0 Å². The molecule has 0 radical (unpaired) electrons. The van der Waals surface area contributed by atoms with Crippen LogP contribution in [-0.2, 0) is 0 Å². The van der Waals surface area contributed by atoms with E-state index >= 15 is 0 Å². The summed E-state index contributed by atoms with van der Waals surface area (Å²) in [6, 6.07) is 5.50. The van der Waals surface area contributed by atoms with E-state index in [0.717, 1.165) is 11.3 Å². The van der Waals surface area contributed by atoms with E-state index in [0.29, 0.717) is 5.52 Å². The number of fused-ring (bicyclic) bond motifs is 1. The van der Waals surface area contributed by atoms with E-state index < -0.39 is 0 Å². The second-order valence-corrected chi connectivity index (χ2v) is 4.13. The summed E-state index contributed by atoms with van der Waals surface area (Å²) in [6.07, 6.45) is 0. The highest BCUT2D eigenvalue weighted by molar-refractivity contribution is 5.74. The maximum atomic E-state index is 5.67. The Morgan fingerprint density at radius 2 is 1.86 bits per heavy atom. The molecule has 1 aromatic heterocycles. The van der Waals surface area contributed by atoms with E-state index in [9.17, 15) is 0 Å². The summed E-state index contributed by atoms with van der Waals surface area (Å²) in [5.41, 5.74) is 1.25. The summed E-state index contributed by atoms with van der Waals surface area (Å²) in [5, 5.41) is 7.46. The molecule has 1 aromatic carbocycles. The number of nitrogens with zero attached hydrogens (tertiary/aromatic N) is 2. The van der Waals surface area contributed by atoms with Crippen molar-refractivity contribution in [1.82, 2.24) is 10.3 Å². The Bertz CT molecular complexity index is 443. The van der Waals surface area contributed by atoms with Gasteiger partial charge in [0.15, 0.2) is 0 Å². The van der Waals surface area contributed by atoms with Crippen molar-refractivity contribution in [3.8, 4) is 5.75 Å². The van der Waals surface area contributed by atoms with Crippen molar-refractivity contribution in [1.29, 1.82) is 0 Å². The van der Waals surface area contributed by atoms with Crippen molar-refractivity contribution in [2.75, 3.05) is 0 Å². The number of hydrogen-bond donors (Lipinski definition) is 0. The SMILES string of the molecule is CC(C)(C)Oc1ccc2nonc2c1. The molecule has 4 nitrogen and oxygen atoms in total. The van der Waals surface area contributed by atoms with Crippen LogP contribution in [0.4, 0.5) is 0 Å². The minimum absolute atomic E-state index is 0.204. The number of aromatic nitrogens is 2. The molecule has 0 spiro atoms. The Balaban J connectivity index is 2.35. The van der Waals surface area contributed by atoms with Crippen LogP contribution in [0.1, 0.15) is 20.8 Å². The molecular weight excluding hydrogens is 180 g/mol. The van der Waals surface area contributed by atoms with Crippen LogP contribution >= 0.6 is 0 Å². The van der Waals surface area contributed by atoms with Gasteiger partial charge < -0.3 is 4.74 Å². The third kappa shape index (κ3) is 1.84. The van der Waals surface area contributed by atoms with Gasteiger partial charge in [0.2, 0.25) is 0 Å². The molecule has 2 aromatic rings. The van der Waals surface area contributed by atoms with E-state index in [1.807, 2.05) is 39.0 Å². The average Bonchev–Trinajstić information content (AvgIpc) is 2.47. The highest BCUT2D eigenvalue weighted by Crippen LogP contribution is 2.21. The first kappa shape index (κ1) is 8.99. The standard InChI is InChI=1S/C10H12N2O2/c1-10(2,3)13-7-4-5-8-9(6-7)12-14-11-8/h4-6H,1-3H3. The minimum atomic E-state index is -0.204. The Labute approximate surface area is 81.8 Å². The smallest absolute Gasteiger partial charge is 0.138 e. The molecule has 4 heteroatoms. The lowest BCUT2D eigenvalue weighted by molar-refractivity contribution is 0.131. The first-order chi connectivity index (χ1) is 6.54. The van der Waals surface area contributed by atoms with Crippen LogP contribution in [0, 0.1) is 0 Å². The zero-order valence-corrected chi connectivity index (χ0v) is 8.44. The van der Waals surface area contributed by atoms with Gasteiger partial charge in [-0.05, 0) is 43.2 Å². The predicted molar refractivity (Wildman–Crippen MR) is 52.2 cm³/mol. The van der Waals surface area contributed by atoms with Crippen LogP contribution in [0.15, 0.2) is 22.8 Å². The molecular formula is C10H12N2O2. The summed E-state index contributed by atoms with van der Waals surface area (Å²) in [7, 11) is 0. The van der Waals surface area contributed by atoms with E-state index in [2.05, 4.69) is 14.9 Å². The summed E-state index contributed by atoms with van der Waals surface area (Å²) in [4.78, 5) is 0. The molecule has 0 unspecified atom stereocenters. The zero-order chi connectivity index (χ0) is 10.2. The third-order valence-corrected chi connectivity index (χ3v) is 1.65. The highest BCUT2D eigenvalue weighted by atomic mass is 16.6. The van der Waals surface area contributed by atoms with Crippen LogP contribution in [-0.4, -0.2) is 15.9 Å². The van der Waals surface area contributed by atoms with Crippen molar-refractivity contribution >= 4 is 11.0 Å². The summed E-state index contributed by atoms with van der Waals surface area (Å²) < 4.78 is 10.3. The summed E-state index contributed by atoms with van der Waals surface area (Å²) >= 11 is 0.